The Hall–Kier alpha value is -2.17. The normalized spacial score (nSPS) is 17.2. The number of likely N-dealkylation sites (N-methyl/N-ethyl adjacent to an activating group) is 1. The molecule has 0 atom stereocenters. The summed E-state index contributed by atoms with van der Waals surface area (Å²) < 4.78 is 5.24. The van der Waals surface area contributed by atoms with Crippen LogP contribution in [-0.2, 0) is 16.0 Å². The molecule has 1 aromatic carbocycles. The van der Waals surface area contributed by atoms with Gasteiger partial charge in [0.15, 0.2) is 11.7 Å². The van der Waals surface area contributed by atoms with Crippen molar-refractivity contribution in [2.24, 2.45) is 4.99 Å². The highest BCUT2D eigenvalue weighted by atomic mass is 16.5. The lowest BCUT2D eigenvalue weighted by Crippen LogP contribution is -2.20. The van der Waals surface area contributed by atoms with Gasteiger partial charge >= 0.3 is 0 Å². The van der Waals surface area contributed by atoms with Crippen LogP contribution in [-0.4, -0.2) is 37.8 Å². The first-order chi connectivity index (χ1) is 9.15. The van der Waals surface area contributed by atoms with Crippen LogP contribution in [0, 0.1) is 0 Å². The Morgan fingerprint density at radius 1 is 1.47 bits per heavy atom. The van der Waals surface area contributed by atoms with Gasteiger partial charge in [0, 0.05) is 18.3 Å². The van der Waals surface area contributed by atoms with E-state index in [0.29, 0.717) is 31.0 Å². The van der Waals surface area contributed by atoms with Gasteiger partial charge in [-0.2, -0.15) is 0 Å². The van der Waals surface area contributed by atoms with Crippen molar-refractivity contribution in [1.29, 1.82) is 0 Å². The van der Waals surface area contributed by atoms with Gasteiger partial charge in [-0.1, -0.05) is 0 Å². The molecular formula is C14H14N2O3. The van der Waals surface area contributed by atoms with Crippen molar-refractivity contribution in [2.75, 3.05) is 25.1 Å². The fraction of sp³-hybridized carbons (Fsp3) is 0.357. The number of carbonyl (C=O) groups excluding carboxylic acids is 2. The summed E-state index contributed by atoms with van der Waals surface area (Å²) in [5.41, 5.74) is 2.41. The Bertz CT molecular complexity index is 592. The second kappa shape index (κ2) is 4.50. The number of nitrogens with zero attached hydrogens (tertiary/aromatic N) is 2. The Kier molecular flexibility index (Phi) is 2.81. The Morgan fingerprint density at radius 3 is 3.05 bits per heavy atom. The Balaban J connectivity index is 1.81. The molecule has 0 spiro atoms. The van der Waals surface area contributed by atoms with Crippen LogP contribution >= 0.6 is 0 Å². The van der Waals surface area contributed by atoms with Crippen molar-refractivity contribution in [3.8, 4) is 0 Å². The largest absolute Gasteiger partial charge is 0.479 e. The molecule has 0 fully saturated rings. The molecule has 1 amide bonds. The zero-order chi connectivity index (χ0) is 13.4. The van der Waals surface area contributed by atoms with Crippen LogP contribution in [0.15, 0.2) is 23.2 Å². The van der Waals surface area contributed by atoms with Gasteiger partial charge in [-0.15, -0.1) is 0 Å². The van der Waals surface area contributed by atoms with Gasteiger partial charge in [0.1, 0.15) is 6.61 Å². The molecular weight excluding hydrogens is 244 g/mol. The van der Waals surface area contributed by atoms with Crippen LogP contribution in [0.25, 0.3) is 0 Å². The number of benzene rings is 1. The molecule has 0 aliphatic carbocycles. The van der Waals surface area contributed by atoms with Crippen LogP contribution in [0.3, 0.4) is 0 Å². The summed E-state index contributed by atoms with van der Waals surface area (Å²) in [6, 6.07) is 5.38. The number of hydrogen-bond donors (Lipinski definition) is 0. The van der Waals surface area contributed by atoms with E-state index in [2.05, 4.69) is 4.99 Å². The molecule has 1 aromatic rings. The molecule has 98 valence electrons. The number of ketones is 1. The van der Waals surface area contributed by atoms with Gasteiger partial charge in [-0.3, -0.25) is 14.6 Å². The zero-order valence-electron chi connectivity index (χ0n) is 10.7. The molecule has 2 heterocycles. The second-order valence-electron chi connectivity index (χ2n) is 4.70. The molecule has 0 saturated heterocycles. The predicted molar refractivity (Wildman–Crippen MR) is 70.8 cm³/mol. The van der Waals surface area contributed by atoms with Crippen LogP contribution in [0.4, 0.5) is 5.69 Å². The van der Waals surface area contributed by atoms with Gasteiger partial charge in [-0.05, 0) is 23.8 Å². The minimum atomic E-state index is -0.0227. The van der Waals surface area contributed by atoms with Crippen molar-refractivity contribution >= 4 is 23.3 Å². The van der Waals surface area contributed by atoms with E-state index < -0.39 is 0 Å². The van der Waals surface area contributed by atoms with E-state index in [0.717, 1.165) is 11.3 Å². The van der Waals surface area contributed by atoms with Crippen LogP contribution in [0.2, 0.25) is 0 Å². The van der Waals surface area contributed by atoms with Crippen molar-refractivity contribution in [2.45, 2.75) is 12.8 Å². The summed E-state index contributed by atoms with van der Waals surface area (Å²) in [5, 5.41) is 0. The number of hydrogen-bond acceptors (Lipinski definition) is 4. The minimum Gasteiger partial charge on any atom is -0.479 e. The summed E-state index contributed by atoms with van der Waals surface area (Å²) in [4.78, 5) is 29.4. The SMILES string of the molecule is CN1C(=O)Cc2cc(C(=O)CC3=NCCO3)ccc21. The maximum absolute atomic E-state index is 12.1. The van der Waals surface area contributed by atoms with Gasteiger partial charge in [0.2, 0.25) is 5.91 Å². The number of rotatable bonds is 3. The molecule has 5 heteroatoms. The average molecular weight is 258 g/mol. The summed E-state index contributed by atoms with van der Waals surface area (Å²) in [7, 11) is 1.75. The lowest BCUT2D eigenvalue weighted by Gasteiger charge is -2.10. The molecule has 0 saturated carbocycles. The van der Waals surface area contributed by atoms with Gasteiger partial charge < -0.3 is 9.64 Å². The smallest absolute Gasteiger partial charge is 0.231 e. The predicted octanol–water partition coefficient (Wildman–Crippen LogP) is 1.21. The molecule has 0 radical (unpaired) electrons. The third-order valence-electron chi connectivity index (χ3n) is 3.44. The first-order valence-corrected chi connectivity index (χ1v) is 6.24. The maximum Gasteiger partial charge on any atom is 0.231 e. The minimum absolute atomic E-state index is 0.0227. The second-order valence-corrected chi connectivity index (χ2v) is 4.70. The van der Waals surface area contributed by atoms with Gasteiger partial charge in [0.05, 0.1) is 19.4 Å². The maximum atomic E-state index is 12.1. The molecule has 0 aromatic heterocycles. The number of fused-ring (bicyclic) bond motifs is 1. The van der Waals surface area contributed by atoms with Crippen LogP contribution in [0.1, 0.15) is 22.3 Å². The molecule has 2 aliphatic rings. The number of aliphatic imine (C=N–C) groups is 1. The highest BCUT2D eigenvalue weighted by Crippen LogP contribution is 2.28. The van der Waals surface area contributed by atoms with Gasteiger partial charge in [0.25, 0.3) is 0 Å². The Labute approximate surface area is 110 Å². The summed E-state index contributed by atoms with van der Waals surface area (Å²) >= 11 is 0. The standard InChI is InChI=1S/C14H14N2O3/c1-16-11-3-2-9(6-10(11)7-14(16)18)12(17)8-13-15-4-5-19-13/h2-3,6H,4-5,7-8H2,1H3. The number of amides is 1. The number of ether oxygens (including phenoxy) is 1. The lowest BCUT2D eigenvalue weighted by molar-refractivity contribution is -0.117. The summed E-state index contributed by atoms with van der Waals surface area (Å²) in [5.74, 6) is 0.548. The van der Waals surface area contributed by atoms with Gasteiger partial charge in [-0.25, -0.2) is 0 Å². The van der Waals surface area contributed by atoms with E-state index in [4.69, 9.17) is 4.74 Å². The number of anilines is 1. The van der Waals surface area contributed by atoms with Crippen molar-refractivity contribution in [1.82, 2.24) is 0 Å². The monoisotopic (exact) mass is 258 g/mol. The molecule has 3 rings (SSSR count). The third kappa shape index (κ3) is 2.12. The molecule has 19 heavy (non-hydrogen) atoms. The average Bonchev–Trinajstić information content (AvgIpc) is 2.99. The third-order valence-corrected chi connectivity index (χ3v) is 3.44. The van der Waals surface area contributed by atoms with E-state index >= 15 is 0 Å². The van der Waals surface area contributed by atoms with E-state index in [9.17, 15) is 9.59 Å². The summed E-state index contributed by atoms with van der Waals surface area (Å²) in [6.45, 7) is 1.19. The van der Waals surface area contributed by atoms with E-state index in [1.807, 2.05) is 6.07 Å². The van der Waals surface area contributed by atoms with E-state index in [1.165, 1.54) is 0 Å². The number of carbonyl (C=O) groups is 2. The molecule has 2 aliphatic heterocycles. The molecule has 5 nitrogen and oxygen atoms in total. The quantitative estimate of drug-likeness (QED) is 0.766. The zero-order valence-corrected chi connectivity index (χ0v) is 10.7. The van der Waals surface area contributed by atoms with E-state index in [1.54, 1.807) is 24.1 Å². The first kappa shape index (κ1) is 11.9. The fourth-order valence-electron chi connectivity index (χ4n) is 2.37. The fourth-order valence-corrected chi connectivity index (χ4v) is 2.37. The highest BCUT2D eigenvalue weighted by molar-refractivity contribution is 6.09. The Morgan fingerprint density at radius 2 is 2.32 bits per heavy atom. The molecule has 0 bridgehead atoms. The topological polar surface area (TPSA) is 59.0 Å². The first-order valence-electron chi connectivity index (χ1n) is 6.24. The molecule has 0 N–H and O–H groups in total. The summed E-state index contributed by atoms with van der Waals surface area (Å²) in [6.07, 6.45) is 0.562. The highest BCUT2D eigenvalue weighted by Gasteiger charge is 2.25. The van der Waals surface area contributed by atoms with Crippen LogP contribution < -0.4 is 4.90 Å². The van der Waals surface area contributed by atoms with E-state index in [-0.39, 0.29) is 18.1 Å². The lowest BCUT2D eigenvalue weighted by atomic mass is 10.0. The van der Waals surface area contributed by atoms with Crippen molar-refractivity contribution in [3.63, 3.8) is 0 Å². The van der Waals surface area contributed by atoms with Crippen molar-refractivity contribution < 1.29 is 14.3 Å². The van der Waals surface area contributed by atoms with Crippen molar-refractivity contribution in [3.05, 3.63) is 29.3 Å². The number of Topliss-reactive ketones (excluding diaryl/α,β-unsaturated/α-hetero) is 1. The molecule has 0 unspecified atom stereocenters. The van der Waals surface area contributed by atoms with Crippen LogP contribution in [0.5, 0.6) is 0 Å².